The van der Waals surface area contributed by atoms with Crippen molar-refractivity contribution in [3.63, 3.8) is 0 Å². The summed E-state index contributed by atoms with van der Waals surface area (Å²) in [4.78, 5) is 0. The molecule has 1 aliphatic carbocycles. The summed E-state index contributed by atoms with van der Waals surface area (Å²) >= 11 is 0. The molecule has 0 radical (unpaired) electrons. The molecule has 0 bridgehead atoms. The molecule has 1 fully saturated rings. The van der Waals surface area contributed by atoms with Gasteiger partial charge in [0.1, 0.15) is 5.54 Å². The van der Waals surface area contributed by atoms with E-state index in [0.29, 0.717) is 5.41 Å². The second kappa shape index (κ2) is 5.84. The standard InChI is InChI=1S/C14H26N2O/c1-13(2,3)8-9-17-12-6-5-7-14(10-12,11-15)16-4/h12,16H,5-10H2,1-4H3. The van der Waals surface area contributed by atoms with Crippen molar-refractivity contribution in [1.29, 1.82) is 5.26 Å². The summed E-state index contributed by atoms with van der Waals surface area (Å²) in [5.74, 6) is 0. The fourth-order valence-electron chi connectivity index (χ4n) is 2.28. The molecule has 98 valence electrons. The number of nitrogens with one attached hydrogen (secondary N) is 1. The fourth-order valence-corrected chi connectivity index (χ4v) is 2.28. The second-order valence-corrected chi connectivity index (χ2v) is 6.34. The SMILES string of the molecule is CNC1(C#N)CCCC(OCCC(C)(C)C)C1. The molecule has 1 aliphatic rings. The largest absolute Gasteiger partial charge is 0.378 e. The molecule has 1 N–H and O–H groups in total. The third-order valence-corrected chi connectivity index (χ3v) is 3.60. The monoisotopic (exact) mass is 238 g/mol. The Bertz CT molecular complexity index is 277. The van der Waals surface area contributed by atoms with Gasteiger partial charge in [-0.25, -0.2) is 0 Å². The van der Waals surface area contributed by atoms with E-state index in [1.54, 1.807) is 0 Å². The Labute approximate surface area is 106 Å². The first kappa shape index (κ1) is 14.5. The Morgan fingerprint density at radius 1 is 1.47 bits per heavy atom. The van der Waals surface area contributed by atoms with E-state index in [4.69, 9.17) is 4.74 Å². The van der Waals surface area contributed by atoms with Crippen LogP contribution in [-0.4, -0.2) is 25.3 Å². The van der Waals surface area contributed by atoms with Gasteiger partial charge >= 0.3 is 0 Å². The van der Waals surface area contributed by atoms with E-state index in [9.17, 15) is 5.26 Å². The molecule has 3 nitrogen and oxygen atoms in total. The first-order valence-electron chi connectivity index (χ1n) is 6.63. The average molecular weight is 238 g/mol. The van der Waals surface area contributed by atoms with Gasteiger partial charge in [-0.05, 0) is 38.1 Å². The lowest BCUT2D eigenvalue weighted by molar-refractivity contribution is -0.000133. The average Bonchev–Trinajstić information content (AvgIpc) is 2.27. The minimum absolute atomic E-state index is 0.248. The van der Waals surface area contributed by atoms with Crippen LogP contribution in [0.15, 0.2) is 0 Å². The lowest BCUT2D eigenvalue weighted by Crippen LogP contribution is -2.47. The van der Waals surface area contributed by atoms with E-state index in [1.165, 1.54) is 0 Å². The highest BCUT2D eigenvalue weighted by Crippen LogP contribution is 2.30. The topological polar surface area (TPSA) is 45.0 Å². The first-order valence-corrected chi connectivity index (χ1v) is 6.63. The van der Waals surface area contributed by atoms with E-state index >= 15 is 0 Å². The maximum atomic E-state index is 9.25. The molecule has 2 unspecified atom stereocenters. The van der Waals surface area contributed by atoms with Crippen molar-refractivity contribution in [2.24, 2.45) is 5.41 Å². The Hall–Kier alpha value is -0.590. The van der Waals surface area contributed by atoms with E-state index in [-0.39, 0.29) is 11.6 Å². The van der Waals surface area contributed by atoms with Gasteiger partial charge in [-0.15, -0.1) is 0 Å². The van der Waals surface area contributed by atoms with E-state index in [1.807, 2.05) is 7.05 Å². The summed E-state index contributed by atoms with van der Waals surface area (Å²) in [6, 6.07) is 2.41. The molecule has 0 aromatic heterocycles. The molecule has 0 heterocycles. The zero-order valence-electron chi connectivity index (χ0n) is 11.7. The van der Waals surface area contributed by atoms with E-state index < -0.39 is 0 Å². The smallest absolute Gasteiger partial charge is 0.109 e. The molecular formula is C14H26N2O. The first-order chi connectivity index (χ1) is 7.91. The van der Waals surface area contributed by atoms with Crippen molar-refractivity contribution in [3.8, 4) is 6.07 Å². The maximum absolute atomic E-state index is 9.25. The Balaban J connectivity index is 2.38. The molecule has 0 aromatic carbocycles. The molecule has 1 saturated carbocycles. The van der Waals surface area contributed by atoms with E-state index in [2.05, 4.69) is 32.2 Å². The van der Waals surface area contributed by atoms with Gasteiger partial charge in [0.15, 0.2) is 0 Å². The summed E-state index contributed by atoms with van der Waals surface area (Å²) in [5.41, 5.74) is -0.0331. The maximum Gasteiger partial charge on any atom is 0.109 e. The number of hydrogen-bond donors (Lipinski definition) is 1. The number of hydrogen-bond acceptors (Lipinski definition) is 3. The number of nitrogens with zero attached hydrogens (tertiary/aromatic N) is 1. The van der Waals surface area contributed by atoms with Crippen LogP contribution < -0.4 is 5.32 Å². The van der Waals surface area contributed by atoms with E-state index in [0.717, 1.165) is 38.7 Å². The third-order valence-electron chi connectivity index (χ3n) is 3.60. The summed E-state index contributed by atoms with van der Waals surface area (Å²) in [5, 5.41) is 12.4. The van der Waals surface area contributed by atoms with Crippen molar-refractivity contribution in [2.45, 2.75) is 64.5 Å². The predicted molar refractivity (Wildman–Crippen MR) is 69.7 cm³/mol. The van der Waals surface area contributed by atoms with Crippen molar-refractivity contribution >= 4 is 0 Å². The van der Waals surface area contributed by atoms with Crippen LogP contribution >= 0.6 is 0 Å². The molecular weight excluding hydrogens is 212 g/mol. The van der Waals surface area contributed by atoms with Crippen molar-refractivity contribution in [2.75, 3.05) is 13.7 Å². The van der Waals surface area contributed by atoms with Gasteiger partial charge in [0.05, 0.1) is 12.2 Å². The third kappa shape index (κ3) is 4.65. The molecule has 0 amide bonds. The summed E-state index contributed by atoms with van der Waals surface area (Å²) in [6.45, 7) is 7.48. The molecule has 1 rings (SSSR count). The Morgan fingerprint density at radius 2 is 2.18 bits per heavy atom. The highest BCUT2D eigenvalue weighted by atomic mass is 16.5. The van der Waals surface area contributed by atoms with Gasteiger partial charge in [-0.1, -0.05) is 20.8 Å². The zero-order valence-corrected chi connectivity index (χ0v) is 11.7. The summed E-state index contributed by atoms with van der Waals surface area (Å²) in [7, 11) is 1.88. The summed E-state index contributed by atoms with van der Waals surface area (Å²) in [6.07, 6.45) is 5.26. The lowest BCUT2D eigenvalue weighted by atomic mass is 9.81. The molecule has 0 aliphatic heterocycles. The highest BCUT2D eigenvalue weighted by molar-refractivity contribution is 5.09. The molecule has 3 heteroatoms. The van der Waals surface area contributed by atoms with Gasteiger partial charge in [0.25, 0.3) is 0 Å². The Kier molecular flexibility index (Phi) is 4.97. The highest BCUT2D eigenvalue weighted by Gasteiger charge is 2.35. The van der Waals surface area contributed by atoms with Crippen LogP contribution in [0.5, 0.6) is 0 Å². The van der Waals surface area contributed by atoms with Crippen LogP contribution in [0, 0.1) is 16.7 Å². The van der Waals surface area contributed by atoms with Crippen LogP contribution in [-0.2, 0) is 4.74 Å². The van der Waals surface area contributed by atoms with Crippen LogP contribution in [0.4, 0.5) is 0 Å². The minimum atomic E-state index is -0.356. The zero-order chi connectivity index (χ0) is 12.9. The number of rotatable bonds is 4. The van der Waals surface area contributed by atoms with Crippen molar-refractivity contribution in [3.05, 3.63) is 0 Å². The van der Waals surface area contributed by atoms with Crippen LogP contribution in [0.3, 0.4) is 0 Å². The molecule has 2 atom stereocenters. The fraction of sp³-hybridized carbons (Fsp3) is 0.929. The normalized spacial score (nSPS) is 29.9. The lowest BCUT2D eigenvalue weighted by Gasteiger charge is -2.35. The molecule has 0 saturated heterocycles. The number of ether oxygens (including phenoxy) is 1. The predicted octanol–water partition coefficient (Wildman–Crippen LogP) is 2.86. The van der Waals surface area contributed by atoms with Crippen LogP contribution in [0.25, 0.3) is 0 Å². The van der Waals surface area contributed by atoms with Gasteiger partial charge in [0.2, 0.25) is 0 Å². The van der Waals surface area contributed by atoms with Crippen LogP contribution in [0.1, 0.15) is 52.9 Å². The molecule has 17 heavy (non-hydrogen) atoms. The van der Waals surface area contributed by atoms with Gasteiger partial charge in [-0.2, -0.15) is 5.26 Å². The Morgan fingerprint density at radius 3 is 2.71 bits per heavy atom. The molecule has 0 spiro atoms. The van der Waals surface area contributed by atoms with Crippen molar-refractivity contribution < 1.29 is 4.74 Å². The summed E-state index contributed by atoms with van der Waals surface area (Å²) < 4.78 is 5.93. The number of nitriles is 1. The van der Waals surface area contributed by atoms with Crippen LogP contribution in [0.2, 0.25) is 0 Å². The van der Waals surface area contributed by atoms with Gasteiger partial charge in [0, 0.05) is 13.0 Å². The minimum Gasteiger partial charge on any atom is -0.378 e. The van der Waals surface area contributed by atoms with Crippen molar-refractivity contribution in [1.82, 2.24) is 5.32 Å². The van der Waals surface area contributed by atoms with Gasteiger partial charge < -0.3 is 10.1 Å². The molecule has 0 aromatic rings. The second-order valence-electron chi connectivity index (χ2n) is 6.34. The quantitative estimate of drug-likeness (QED) is 0.819. The van der Waals surface area contributed by atoms with Gasteiger partial charge in [-0.3, -0.25) is 0 Å².